The molecule has 21 heavy (non-hydrogen) atoms. The minimum atomic E-state index is -1.82. The fraction of sp³-hybridized carbons (Fsp3) is 0.273. The molecule has 2 atom stereocenters. The van der Waals surface area contributed by atoms with Crippen molar-refractivity contribution in [3.63, 3.8) is 0 Å². The number of hydroxylamine groups is 1. The van der Waals surface area contributed by atoms with Crippen LogP contribution in [-0.4, -0.2) is 41.5 Å². The summed E-state index contributed by atoms with van der Waals surface area (Å²) in [5.41, 5.74) is 2.91. The van der Waals surface area contributed by atoms with Crippen molar-refractivity contribution >= 4 is 17.0 Å². The van der Waals surface area contributed by atoms with E-state index in [1.54, 1.807) is 31.3 Å². The Kier molecular flexibility index (Phi) is 4.73. The van der Waals surface area contributed by atoms with Gasteiger partial charge in [0, 0.05) is 5.56 Å². The summed E-state index contributed by atoms with van der Waals surface area (Å²) in [5, 5.41) is 20.3. The number of aliphatic carboxylic acids is 1. The maximum atomic E-state index is 11.8. The van der Waals surface area contributed by atoms with Crippen molar-refractivity contribution in [1.29, 1.82) is 0 Å². The highest BCUT2D eigenvalue weighted by molar-refractivity contribution is 7.80. The van der Waals surface area contributed by atoms with Gasteiger partial charge in [-0.15, -0.1) is 10.2 Å². The molecule has 0 amide bonds. The lowest BCUT2D eigenvalue weighted by atomic mass is 10.2. The van der Waals surface area contributed by atoms with Gasteiger partial charge in [-0.2, -0.15) is 14.6 Å². The molecule has 0 aliphatic heterocycles. The molecule has 2 unspecified atom stereocenters. The molecule has 1 aromatic heterocycles. The molecule has 112 valence electrons. The summed E-state index contributed by atoms with van der Waals surface area (Å²) in [7, 11) is 1.66. The number of benzene rings is 1. The molecule has 10 heteroatoms. The topological polar surface area (TPSA) is 119 Å². The van der Waals surface area contributed by atoms with E-state index < -0.39 is 23.1 Å². The zero-order chi connectivity index (χ0) is 15.4. The second kappa shape index (κ2) is 6.52. The van der Waals surface area contributed by atoms with E-state index in [0.29, 0.717) is 10.7 Å². The Hall–Kier alpha value is -2.17. The van der Waals surface area contributed by atoms with Crippen molar-refractivity contribution in [2.75, 3.05) is 0 Å². The Balaban J connectivity index is 2.01. The van der Waals surface area contributed by atoms with E-state index in [-0.39, 0.29) is 0 Å². The summed E-state index contributed by atoms with van der Waals surface area (Å²) in [5.74, 6) is -0.649. The molecule has 0 aliphatic carbocycles. The Labute approximate surface area is 122 Å². The van der Waals surface area contributed by atoms with E-state index in [1.165, 1.54) is 11.7 Å². The van der Waals surface area contributed by atoms with Crippen LogP contribution in [-0.2, 0) is 27.2 Å². The number of aromatic nitrogens is 4. The lowest BCUT2D eigenvalue weighted by Gasteiger charge is -2.08. The van der Waals surface area contributed by atoms with E-state index in [1.807, 2.05) is 0 Å². The van der Waals surface area contributed by atoms with Crippen molar-refractivity contribution in [2.45, 2.75) is 17.9 Å². The first-order valence-electron chi connectivity index (χ1n) is 5.89. The summed E-state index contributed by atoms with van der Waals surface area (Å²) in [4.78, 5) is 12.3. The number of carbonyl (C=O) groups is 1. The second-order valence-electron chi connectivity index (χ2n) is 4.12. The number of aryl methyl sites for hydroxylation is 1. The van der Waals surface area contributed by atoms with Gasteiger partial charge in [0.25, 0.3) is 0 Å². The van der Waals surface area contributed by atoms with Crippen molar-refractivity contribution in [2.24, 2.45) is 7.05 Å². The monoisotopic (exact) mass is 311 g/mol. The van der Waals surface area contributed by atoms with Crippen molar-refractivity contribution < 1.29 is 18.4 Å². The number of carboxylic acids is 1. The quantitative estimate of drug-likeness (QED) is 0.709. The average Bonchev–Trinajstić information content (AvgIpc) is 2.91. The van der Waals surface area contributed by atoms with Gasteiger partial charge in [-0.05, 0) is 36.4 Å². The summed E-state index contributed by atoms with van der Waals surface area (Å²) >= 11 is -1.82. The van der Waals surface area contributed by atoms with Gasteiger partial charge in [0.05, 0.1) is 11.9 Å². The van der Waals surface area contributed by atoms with Gasteiger partial charge >= 0.3 is 5.97 Å². The standard InChI is InChI=1S/C11H13N5O4S/c1-7(11(17)18)14-20-21(19)9-5-3-8(4-6-9)10-12-15-16(2)13-10/h3-7,14H,1-2H3,(H,17,18). The summed E-state index contributed by atoms with van der Waals surface area (Å²) in [6.45, 7) is 1.38. The molecular weight excluding hydrogens is 298 g/mol. The summed E-state index contributed by atoms with van der Waals surface area (Å²) in [6.07, 6.45) is 0. The van der Waals surface area contributed by atoms with Crippen molar-refractivity contribution in [3.8, 4) is 11.4 Å². The van der Waals surface area contributed by atoms with Crippen LogP contribution in [0.5, 0.6) is 0 Å². The molecule has 0 radical (unpaired) electrons. The first-order valence-corrected chi connectivity index (χ1v) is 6.96. The predicted molar refractivity (Wildman–Crippen MR) is 72.0 cm³/mol. The highest BCUT2D eigenvalue weighted by atomic mass is 32.2. The van der Waals surface area contributed by atoms with Gasteiger partial charge in [0.2, 0.25) is 16.9 Å². The lowest BCUT2D eigenvalue weighted by Crippen LogP contribution is -2.34. The smallest absolute Gasteiger partial charge is 0.322 e. The largest absolute Gasteiger partial charge is 0.480 e. The minimum Gasteiger partial charge on any atom is -0.480 e. The van der Waals surface area contributed by atoms with E-state index in [0.717, 1.165) is 5.56 Å². The average molecular weight is 311 g/mol. The van der Waals surface area contributed by atoms with E-state index in [2.05, 4.69) is 20.9 Å². The lowest BCUT2D eigenvalue weighted by molar-refractivity contribution is -0.140. The fourth-order valence-electron chi connectivity index (χ4n) is 1.33. The molecular formula is C11H13N5O4S. The molecule has 2 rings (SSSR count). The van der Waals surface area contributed by atoms with Gasteiger partial charge < -0.3 is 5.11 Å². The predicted octanol–water partition coefficient (Wildman–Crippen LogP) is -0.106. The molecule has 0 saturated heterocycles. The zero-order valence-electron chi connectivity index (χ0n) is 11.3. The maximum absolute atomic E-state index is 11.8. The van der Waals surface area contributed by atoms with Crippen LogP contribution in [0.25, 0.3) is 11.4 Å². The molecule has 0 saturated carbocycles. The Morgan fingerprint density at radius 3 is 2.62 bits per heavy atom. The zero-order valence-corrected chi connectivity index (χ0v) is 12.1. The van der Waals surface area contributed by atoms with Gasteiger partial charge in [-0.25, -0.2) is 4.21 Å². The first-order chi connectivity index (χ1) is 9.97. The molecule has 2 N–H and O–H groups in total. The van der Waals surface area contributed by atoms with E-state index in [9.17, 15) is 9.00 Å². The van der Waals surface area contributed by atoms with Crippen molar-refractivity contribution in [1.82, 2.24) is 25.7 Å². The van der Waals surface area contributed by atoms with Crippen LogP contribution in [0, 0.1) is 0 Å². The number of carboxylic acid groups (broad SMARTS) is 1. The number of rotatable bonds is 6. The number of nitrogens with zero attached hydrogens (tertiary/aromatic N) is 4. The highest BCUT2D eigenvalue weighted by Crippen LogP contribution is 2.16. The SMILES string of the molecule is CC(NOS(=O)c1ccc(-c2nnn(C)n2)cc1)C(=O)O. The maximum Gasteiger partial charge on any atom is 0.322 e. The van der Waals surface area contributed by atoms with Gasteiger partial charge in [0.1, 0.15) is 6.04 Å². The molecule has 0 spiro atoms. The summed E-state index contributed by atoms with van der Waals surface area (Å²) < 4.78 is 16.6. The van der Waals surface area contributed by atoms with Crippen LogP contribution >= 0.6 is 0 Å². The van der Waals surface area contributed by atoms with Crippen LogP contribution in [0.2, 0.25) is 0 Å². The molecule has 0 bridgehead atoms. The van der Waals surface area contributed by atoms with Crippen LogP contribution in [0.3, 0.4) is 0 Å². The van der Waals surface area contributed by atoms with Crippen LogP contribution < -0.4 is 5.48 Å². The summed E-state index contributed by atoms with van der Waals surface area (Å²) in [6, 6.07) is 5.55. The molecule has 2 aromatic rings. The second-order valence-corrected chi connectivity index (χ2v) is 5.23. The molecule has 1 heterocycles. The third kappa shape index (κ3) is 3.90. The highest BCUT2D eigenvalue weighted by Gasteiger charge is 2.13. The van der Waals surface area contributed by atoms with E-state index >= 15 is 0 Å². The van der Waals surface area contributed by atoms with Gasteiger partial charge in [-0.1, -0.05) is 0 Å². The Morgan fingerprint density at radius 2 is 2.10 bits per heavy atom. The van der Waals surface area contributed by atoms with Crippen molar-refractivity contribution in [3.05, 3.63) is 24.3 Å². The molecule has 1 aromatic carbocycles. The Morgan fingerprint density at radius 1 is 1.43 bits per heavy atom. The van der Waals surface area contributed by atoms with Crippen LogP contribution in [0.4, 0.5) is 0 Å². The number of tetrazole rings is 1. The van der Waals surface area contributed by atoms with E-state index in [4.69, 9.17) is 9.39 Å². The van der Waals surface area contributed by atoms with Gasteiger partial charge in [0.15, 0.2) is 0 Å². The fourth-order valence-corrected chi connectivity index (χ4v) is 2.02. The van der Waals surface area contributed by atoms with Crippen LogP contribution in [0.15, 0.2) is 29.2 Å². The number of hydrogen-bond donors (Lipinski definition) is 2. The number of hydrogen-bond acceptors (Lipinski definition) is 7. The Bertz CT molecular complexity index is 657. The van der Waals surface area contributed by atoms with Gasteiger partial charge in [-0.3, -0.25) is 4.79 Å². The first kappa shape index (κ1) is 15.2. The van der Waals surface area contributed by atoms with Crippen LogP contribution in [0.1, 0.15) is 6.92 Å². The third-order valence-electron chi connectivity index (χ3n) is 2.48. The molecule has 0 fully saturated rings. The number of nitrogens with one attached hydrogen (secondary N) is 1. The molecule has 9 nitrogen and oxygen atoms in total. The normalized spacial score (nSPS) is 13.8. The third-order valence-corrected chi connectivity index (χ3v) is 3.39. The molecule has 0 aliphatic rings. The minimum absolute atomic E-state index is 0.382.